The van der Waals surface area contributed by atoms with E-state index in [1.54, 1.807) is 0 Å². The number of halogens is 1. The number of ketones is 1. The molecule has 0 saturated heterocycles. The summed E-state index contributed by atoms with van der Waals surface area (Å²) in [6.45, 7) is 0. The van der Waals surface area contributed by atoms with E-state index in [0.717, 1.165) is 5.56 Å². The quantitative estimate of drug-likeness (QED) is 0.663. The molecule has 0 amide bonds. The summed E-state index contributed by atoms with van der Waals surface area (Å²) < 4.78 is -0.0103. The van der Waals surface area contributed by atoms with Gasteiger partial charge in [-0.05, 0) is 36.7 Å². The van der Waals surface area contributed by atoms with Crippen LogP contribution in [0.3, 0.4) is 0 Å². The normalized spacial score (nSPS) is 43.6. The molecule has 0 aromatic heterocycles. The summed E-state index contributed by atoms with van der Waals surface area (Å²) in [7, 11) is 0. The van der Waals surface area contributed by atoms with Gasteiger partial charge in [-0.3, -0.25) is 4.79 Å². The molecule has 0 heterocycles. The molecule has 2 bridgehead atoms. The highest BCUT2D eigenvalue weighted by Gasteiger charge is 2.64. The summed E-state index contributed by atoms with van der Waals surface area (Å²) in [4.78, 5) is 12.4. The fraction of sp³-hybridized carbons (Fsp3) is 0.500. The highest BCUT2D eigenvalue weighted by molar-refractivity contribution is 9.09. The fourth-order valence-corrected chi connectivity index (χ4v) is 5.63. The van der Waals surface area contributed by atoms with Crippen LogP contribution in [0.2, 0.25) is 0 Å². The molecule has 3 aliphatic rings. The van der Waals surface area contributed by atoms with Gasteiger partial charge in [-0.1, -0.05) is 40.2 Å². The van der Waals surface area contributed by atoms with Gasteiger partial charge in [0.1, 0.15) is 0 Å². The lowest BCUT2D eigenvalue weighted by molar-refractivity contribution is 0.0873. The van der Waals surface area contributed by atoms with Crippen LogP contribution >= 0.6 is 15.9 Å². The third kappa shape index (κ3) is 0.839. The summed E-state index contributed by atoms with van der Waals surface area (Å²) in [5.74, 6) is 1.92. The van der Waals surface area contributed by atoms with Crippen molar-refractivity contribution in [2.75, 3.05) is 0 Å². The third-order valence-corrected chi connectivity index (χ3v) is 6.45. The minimum Gasteiger partial charge on any atom is -0.294 e. The number of hydrogen-bond donors (Lipinski definition) is 0. The molecule has 82 valence electrons. The average molecular weight is 277 g/mol. The van der Waals surface area contributed by atoms with Gasteiger partial charge in [0.2, 0.25) is 0 Å². The van der Waals surface area contributed by atoms with E-state index in [9.17, 15) is 4.79 Å². The molecule has 2 heteroatoms. The van der Waals surface area contributed by atoms with Gasteiger partial charge in [-0.2, -0.15) is 0 Å². The maximum absolute atomic E-state index is 12.4. The number of carbonyl (C=O) groups is 1. The van der Waals surface area contributed by atoms with Crippen molar-refractivity contribution in [3.8, 4) is 0 Å². The molecule has 1 nitrogen and oxygen atoms in total. The first kappa shape index (κ1) is 9.41. The van der Waals surface area contributed by atoms with Crippen LogP contribution in [0.25, 0.3) is 0 Å². The van der Waals surface area contributed by atoms with Gasteiger partial charge >= 0.3 is 0 Å². The van der Waals surface area contributed by atoms with Crippen LogP contribution in [0.1, 0.15) is 35.2 Å². The molecule has 2 saturated carbocycles. The Balaban J connectivity index is 2.00. The van der Waals surface area contributed by atoms with E-state index in [0.29, 0.717) is 17.6 Å². The van der Waals surface area contributed by atoms with Gasteiger partial charge in [-0.25, -0.2) is 0 Å². The molecule has 16 heavy (non-hydrogen) atoms. The number of carbonyl (C=O) groups excluding carboxylic acids is 1. The molecule has 0 unspecified atom stereocenters. The lowest BCUT2D eigenvalue weighted by Crippen LogP contribution is -2.33. The Hall–Kier alpha value is -0.630. The zero-order valence-corrected chi connectivity index (χ0v) is 10.5. The number of alkyl halides is 1. The van der Waals surface area contributed by atoms with Crippen molar-refractivity contribution in [2.45, 2.75) is 23.6 Å². The van der Waals surface area contributed by atoms with E-state index in [-0.39, 0.29) is 10.2 Å². The van der Waals surface area contributed by atoms with Gasteiger partial charge in [0, 0.05) is 11.5 Å². The van der Waals surface area contributed by atoms with Crippen LogP contribution < -0.4 is 0 Å². The lowest BCUT2D eigenvalue weighted by atomic mass is 9.79. The molecular weight excluding hydrogens is 264 g/mol. The summed E-state index contributed by atoms with van der Waals surface area (Å²) >= 11 is 3.95. The third-order valence-electron chi connectivity index (χ3n) is 4.88. The molecule has 0 radical (unpaired) electrons. The molecule has 4 atom stereocenters. The monoisotopic (exact) mass is 276 g/mol. The first-order valence-electron chi connectivity index (χ1n) is 6.05. The molecular formula is C14H13BrO. The van der Waals surface area contributed by atoms with Crippen LogP contribution in [-0.4, -0.2) is 5.78 Å². The van der Waals surface area contributed by atoms with E-state index >= 15 is 0 Å². The van der Waals surface area contributed by atoms with Crippen molar-refractivity contribution < 1.29 is 4.79 Å². The number of hydrogen-bond acceptors (Lipinski definition) is 1. The van der Waals surface area contributed by atoms with Crippen LogP contribution in [-0.2, 0) is 4.32 Å². The largest absolute Gasteiger partial charge is 0.294 e. The highest BCUT2D eigenvalue weighted by Crippen LogP contribution is 2.67. The van der Waals surface area contributed by atoms with Gasteiger partial charge in [-0.15, -0.1) is 0 Å². The second-order valence-corrected chi connectivity index (χ2v) is 6.74. The second kappa shape index (κ2) is 2.79. The van der Waals surface area contributed by atoms with E-state index < -0.39 is 0 Å². The first-order valence-corrected chi connectivity index (χ1v) is 6.85. The molecule has 0 spiro atoms. The first-order chi connectivity index (χ1) is 7.73. The Labute approximate surface area is 103 Å². The van der Waals surface area contributed by atoms with Crippen molar-refractivity contribution in [1.29, 1.82) is 0 Å². The number of rotatable bonds is 0. The minimum absolute atomic E-state index is 0.0103. The van der Waals surface area contributed by atoms with Gasteiger partial charge in [0.05, 0.1) is 4.32 Å². The standard InChI is InChI=1S/C14H13BrO/c15-14-9-6-5-8(7-9)12(14)13(16)10-3-1-2-4-11(10)14/h1-4,8-9,12H,5-7H2/t8-,9-,12-,14-/m0/s1. The van der Waals surface area contributed by atoms with E-state index in [1.165, 1.54) is 24.8 Å². The Kier molecular flexibility index (Phi) is 1.64. The molecule has 3 aliphatic carbocycles. The maximum atomic E-state index is 12.4. The molecule has 1 aromatic rings. The van der Waals surface area contributed by atoms with Gasteiger partial charge in [0.15, 0.2) is 5.78 Å². The van der Waals surface area contributed by atoms with Crippen molar-refractivity contribution in [3.05, 3.63) is 35.4 Å². The van der Waals surface area contributed by atoms with Gasteiger partial charge in [0.25, 0.3) is 0 Å². The molecule has 0 aliphatic heterocycles. The number of benzene rings is 1. The summed E-state index contributed by atoms with van der Waals surface area (Å²) in [5, 5.41) is 0. The van der Waals surface area contributed by atoms with E-state index in [1.807, 2.05) is 12.1 Å². The molecule has 1 aromatic carbocycles. The predicted octanol–water partition coefficient (Wildman–Crippen LogP) is 3.52. The van der Waals surface area contributed by atoms with Crippen molar-refractivity contribution >= 4 is 21.7 Å². The Morgan fingerprint density at radius 3 is 2.94 bits per heavy atom. The van der Waals surface area contributed by atoms with E-state index in [2.05, 4.69) is 28.1 Å². The second-order valence-electron chi connectivity index (χ2n) is 5.43. The summed E-state index contributed by atoms with van der Waals surface area (Å²) in [6.07, 6.45) is 3.78. The molecule has 4 rings (SSSR count). The Morgan fingerprint density at radius 2 is 2.06 bits per heavy atom. The van der Waals surface area contributed by atoms with Crippen LogP contribution in [0.4, 0.5) is 0 Å². The molecule has 0 N–H and O–H groups in total. The summed E-state index contributed by atoms with van der Waals surface area (Å²) in [6, 6.07) is 8.18. The lowest BCUT2D eigenvalue weighted by Gasteiger charge is -2.33. The smallest absolute Gasteiger partial charge is 0.168 e. The maximum Gasteiger partial charge on any atom is 0.168 e. The fourth-order valence-electron chi connectivity index (χ4n) is 4.29. The zero-order valence-electron chi connectivity index (χ0n) is 8.95. The van der Waals surface area contributed by atoms with Crippen LogP contribution in [0.5, 0.6) is 0 Å². The summed E-state index contributed by atoms with van der Waals surface area (Å²) in [5.41, 5.74) is 2.23. The number of Topliss-reactive ketones (excluding diaryl/α,β-unsaturated/α-hetero) is 1. The highest BCUT2D eigenvalue weighted by atomic mass is 79.9. The predicted molar refractivity (Wildman–Crippen MR) is 65.7 cm³/mol. The van der Waals surface area contributed by atoms with E-state index in [4.69, 9.17) is 0 Å². The van der Waals surface area contributed by atoms with Crippen molar-refractivity contribution in [2.24, 2.45) is 17.8 Å². The zero-order chi connectivity index (χ0) is 10.9. The van der Waals surface area contributed by atoms with Gasteiger partial charge < -0.3 is 0 Å². The average Bonchev–Trinajstić information content (AvgIpc) is 2.92. The number of fused-ring (bicyclic) bond motifs is 7. The topological polar surface area (TPSA) is 17.1 Å². The van der Waals surface area contributed by atoms with Crippen LogP contribution in [0.15, 0.2) is 24.3 Å². The molecule has 2 fully saturated rings. The Bertz CT molecular complexity index is 495. The SMILES string of the molecule is O=C1c2ccccc2[C@@]2(Br)[C@H]3CC[C@@H](C3)[C@@H]12. The Morgan fingerprint density at radius 1 is 1.25 bits per heavy atom. The van der Waals surface area contributed by atoms with Crippen molar-refractivity contribution in [3.63, 3.8) is 0 Å². The van der Waals surface area contributed by atoms with Crippen LogP contribution in [0, 0.1) is 17.8 Å². The minimum atomic E-state index is -0.0103. The van der Waals surface area contributed by atoms with Crippen molar-refractivity contribution in [1.82, 2.24) is 0 Å².